The molecule has 0 unspecified atom stereocenters. The van der Waals surface area contributed by atoms with Crippen LogP contribution in [0.25, 0.3) is 27.9 Å². The molecule has 0 saturated heterocycles. The van der Waals surface area contributed by atoms with Gasteiger partial charge in [0.15, 0.2) is 0 Å². The van der Waals surface area contributed by atoms with E-state index in [2.05, 4.69) is 17.1 Å². The van der Waals surface area contributed by atoms with E-state index in [4.69, 9.17) is 9.72 Å². The number of hydrogen-bond acceptors (Lipinski definition) is 3. The van der Waals surface area contributed by atoms with Crippen LogP contribution in [0.4, 0.5) is 0 Å². The summed E-state index contributed by atoms with van der Waals surface area (Å²) in [4.78, 5) is 20.0. The van der Waals surface area contributed by atoms with Gasteiger partial charge in [-0.15, -0.1) is 0 Å². The number of pyridine rings is 1. The van der Waals surface area contributed by atoms with E-state index in [9.17, 15) is 4.79 Å². The molecule has 1 N–H and O–H groups in total. The van der Waals surface area contributed by atoms with Gasteiger partial charge >= 0.3 is 5.97 Å². The number of carbonyl (C=O) groups excluding carboxylic acids is 1. The third kappa shape index (κ3) is 2.25. The van der Waals surface area contributed by atoms with Gasteiger partial charge in [-0.25, -0.2) is 9.78 Å². The summed E-state index contributed by atoms with van der Waals surface area (Å²) in [7, 11) is 0. The van der Waals surface area contributed by atoms with Gasteiger partial charge in [0.1, 0.15) is 11.3 Å². The Morgan fingerprint density at radius 1 is 1.25 bits per heavy atom. The van der Waals surface area contributed by atoms with Crippen molar-refractivity contribution in [1.82, 2.24) is 14.4 Å². The van der Waals surface area contributed by atoms with Crippen molar-refractivity contribution in [2.75, 3.05) is 6.61 Å². The number of nitrogens with one attached hydrogen (secondary N) is 1. The highest BCUT2D eigenvalue weighted by Gasteiger charge is 2.15. The van der Waals surface area contributed by atoms with Crippen LogP contribution in [0.2, 0.25) is 0 Å². The molecule has 5 heteroatoms. The van der Waals surface area contributed by atoms with Crippen molar-refractivity contribution in [3.05, 3.63) is 59.9 Å². The summed E-state index contributed by atoms with van der Waals surface area (Å²) in [5.74, 6) is -0.326. The molecule has 4 aromatic rings. The standard InChI is InChI=1S/C19H17N3O2/c1-3-24-19(23)14-8-9-22-12(2)18(21-17(22)11-14)16-10-13-6-4-5-7-15(13)20-16/h4-11,20H,3H2,1-2H3. The molecule has 0 aliphatic rings. The van der Waals surface area contributed by atoms with E-state index < -0.39 is 0 Å². The lowest BCUT2D eigenvalue weighted by molar-refractivity contribution is 0.0526. The molecule has 5 nitrogen and oxygen atoms in total. The maximum Gasteiger partial charge on any atom is 0.338 e. The van der Waals surface area contributed by atoms with Gasteiger partial charge in [0.25, 0.3) is 0 Å². The van der Waals surface area contributed by atoms with Crippen LogP contribution in [-0.2, 0) is 4.74 Å². The fourth-order valence-electron chi connectivity index (χ4n) is 2.96. The summed E-state index contributed by atoms with van der Waals surface area (Å²) in [5.41, 5.74) is 5.19. The Hall–Kier alpha value is -3.08. The molecule has 0 fully saturated rings. The van der Waals surface area contributed by atoms with E-state index in [0.717, 1.165) is 33.6 Å². The van der Waals surface area contributed by atoms with Crippen molar-refractivity contribution in [3.63, 3.8) is 0 Å². The van der Waals surface area contributed by atoms with Crippen LogP contribution in [0.15, 0.2) is 48.7 Å². The number of carbonyl (C=O) groups is 1. The number of nitrogens with zero attached hydrogens (tertiary/aromatic N) is 2. The predicted molar refractivity (Wildman–Crippen MR) is 93.2 cm³/mol. The maximum absolute atomic E-state index is 11.9. The van der Waals surface area contributed by atoms with Crippen molar-refractivity contribution in [3.8, 4) is 11.4 Å². The molecule has 3 aromatic heterocycles. The Morgan fingerprint density at radius 2 is 2.08 bits per heavy atom. The SMILES string of the molecule is CCOC(=O)c1ccn2c(C)c(-c3cc4ccccc4[nH]3)nc2c1. The van der Waals surface area contributed by atoms with Gasteiger partial charge < -0.3 is 14.1 Å². The predicted octanol–water partition coefficient (Wildman–Crippen LogP) is 3.97. The summed E-state index contributed by atoms with van der Waals surface area (Å²) >= 11 is 0. The van der Waals surface area contributed by atoms with E-state index in [1.807, 2.05) is 35.7 Å². The summed E-state index contributed by atoms with van der Waals surface area (Å²) in [5, 5.41) is 1.15. The molecule has 0 spiro atoms. The van der Waals surface area contributed by atoms with Crippen LogP contribution in [-0.4, -0.2) is 26.9 Å². The molecule has 24 heavy (non-hydrogen) atoms. The minimum Gasteiger partial charge on any atom is -0.462 e. The third-order valence-corrected chi connectivity index (χ3v) is 4.16. The first-order valence-corrected chi connectivity index (χ1v) is 7.91. The van der Waals surface area contributed by atoms with E-state index in [-0.39, 0.29) is 5.97 Å². The molecular weight excluding hydrogens is 302 g/mol. The number of hydrogen-bond donors (Lipinski definition) is 1. The number of imidazole rings is 1. The Labute approximate surface area is 138 Å². The molecule has 3 heterocycles. The molecule has 4 rings (SSSR count). The number of esters is 1. The second kappa shape index (κ2) is 5.53. The average molecular weight is 319 g/mol. The number of rotatable bonds is 3. The molecule has 1 aromatic carbocycles. The third-order valence-electron chi connectivity index (χ3n) is 4.16. The Morgan fingerprint density at radius 3 is 2.88 bits per heavy atom. The van der Waals surface area contributed by atoms with Gasteiger partial charge in [0.05, 0.1) is 17.9 Å². The first-order chi connectivity index (χ1) is 11.7. The summed E-state index contributed by atoms with van der Waals surface area (Å²) < 4.78 is 7.03. The van der Waals surface area contributed by atoms with Gasteiger partial charge in [0.2, 0.25) is 0 Å². The average Bonchev–Trinajstić information content (AvgIpc) is 3.16. The van der Waals surface area contributed by atoms with Gasteiger partial charge in [-0.2, -0.15) is 0 Å². The highest BCUT2D eigenvalue weighted by atomic mass is 16.5. The molecule has 0 radical (unpaired) electrons. The van der Waals surface area contributed by atoms with E-state index in [1.54, 1.807) is 19.1 Å². The number of fused-ring (bicyclic) bond motifs is 2. The summed E-state index contributed by atoms with van der Waals surface area (Å²) in [6, 6.07) is 13.7. The summed E-state index contributed by atoms with van der Waals surface area (Å²) in [6.45, 7) is 4.17. The van der Waals surface area contributed by atoms with Crippen LogP contribution < -0.4 is 0 Å². The monoisotopic (exact) mass is 319 g/mol. The molecule has 0 saturated carbocycles. The van der Waals surface area contributed by atoms with Crippen LogP contribution >= 0.6 is 0 Å². The smallest absolute Gasteiger partial charge is 0.338 e. The van der Waals surface area contributed by atoms with Crippen LogP contribution in [0.1, 0.15) is 23.0 Å². The molecule has 120 valence electrons. The van der Waals surface area contributed by atoms with Crippen LogP contribution in [0, 0.1) is 6.92 Å². The van der Waals surface area contributed by atoms with E-state index >= 15 is 0 Å². The largest absolute Gasteiger partial charge is 0.462 e. The number of benzene rings is 1. The Bertz CT molecular complexity index is 1030. The van der Waals surface area contributed by atoms with Crippen molar-refractivity contribution >= 4 is 22.5 Å². The topological polar surface area (TPSA) is 59.4 Å². The maximum atomic E-state index is 11.9. The van der Waals surface area contributed by atoms with Gasteiger partial charge in [0, 0.05) is 22.8 Å². The molecule has 0 amide bonds. The minimum atomic E-state index is -0.326. The minimum absolute atomic E-state index is 0.326. The van der Waals surface area contributed by atoms with Crippen molar-refractivity contribution in [2.45, 2.75) is 13.8 Å². The van der Waals surface area contributed by atoms with Gasteiger partial charge in [-0.3, -0.25) is 0 Å². The fraction of sp³-hybridized carbons (Fsp3) is 0.158. The van der Waals surface area contributed by atoms with Gasteiger partial charge in [-0.05, 0) is 38.1 Å². The molecule has 0 aliphatic carbocycles. The number of para-hydroxylation sites is 1. The van der Waals surface area contributed by atoms with E-state index in [1.165, 1.54) is 0 Å². The zero-order valence-electron chi connectivity index (χ0n) is 13.5. The van der Waals surface area contributed by atoms with Crippen molar-refractivity contribution < 1.29 is 9.53 Å². The lowest BCUT2D eigenvalue weighted by Gasteiger charge is -2.02. The van der Waals surface area contributed by atoms with E-state index in [0.29, 0.717) is 12.2 Å². The number of aromatic amines is 1. The first-order valence-electron chi connectivity index (χ1n) is 7.91. The second-order valence-electron chi connectivity index (χ2n) is 5.68. The Kier molecular flexibility index (Phi) is 3.34. The Balaban J connectivity index is 1.84. The number of H-pyrrole nitrogens is 1. The van der Waals surface area contributed by atoms with Gasteiger partial charge in [-0.1, -0.05) is 18.2 Å². The molecule has 0 bridgehead atoms. The van der Waals surface area contributed by atoms with Crippen molar-refractivity contribution in [1.29, 1.82) is 0 Å². The zero-order chi connectivity index (χ0) is 16.7. The van der Waals surface area contributed by atoms with Crippen LogP contribution in [0.3, 0.4) is 0 Å². The number of ether oxygens (including phenoxy) is 1. The number of aromatic nitrogens is 3. The zero-order valence-corrected chi connectivity index (χ0v) is 13.5. The molecule has 0 atom stereocenters. The lowest BCUT2D eigenvalue weighted by Crippen LogP contribution is -2.05. The normalized spacial score (nSPS) is 11.2. The highest BCUT2D eigenvalue weighted by molar-refractivity contribution is 5.91. The molecule has 0 aliphatic heterocycles. The first kappa shape index (κ1) is 14.5. The number of aryl methyl sites for hydroxylation is 1. The van der Waals surface area contributed by atoms with Crippen molar-refractivity contribution in [2.24, 2.45) is 0 Å². The fourth-order valence-corrected chi connectivity index (χ4v) is 2.96. The summed E-state index contributed by atoms with van der Waals surface area (Å²) in [6.07, 6.45) is 1.86. The lowest BCUT2D eigenvalue weighted by atomic mass is 10.2. The molecular formula is C19H17N3O2. The van der Waals surface area contributed by atoms with Crippen LogP contribution in [0.5, 0.6) is 0 Å². The second-order valence-corrected chi connectivity index (χ2v) is 5.68. The quantitative estimate of drug-likeness (QED) is 0.581. The highest BCUT2D eigenvalue weighted by Crippen LogP contribution is 2.27.